The fourth-order valence-electron chi connectivity index (χ4n) is 0.925. The second-order valence-electron chi connectivity index (χ2n) is 2.98. The van der Waals surface area contributed by atoms with Gasteiger partial charge in [-0.05, 0) is 19.1 Å². The van der Waals surface area contributed by atoms with Crippen molar-refractivity contribution in [3.05, 3.63) is 24.1 Å². The van der Waals surface area contributed by atoms with E-state index >= 15 is 0 Å². The van der Waals surface area contributed by atoms with E-state index < -0.39 is 0 Å². The molecule has 1 rings (SSSR count). The summed E-state index contributed by atoms with van der Waals surface area (Å²) < 4.78 is 12.5. The third-order valence-electron chi connectivity index (χ3n) is 2.00. The molecule has 0 aliphatic heterocycles. The third kappa shape index (κ3) is 2.39. The maximum absolute atomic E-state index is 12.5. The largest absolute Gasteiger partial charge is 0.394 e. The second-order valence-corrected chi connectivity index (χ2v) is 2.98. The summed E-state index contributed by atoms with van der Waals surface area (Å²) >= 11 is 0. The van der Waals surface area contributed by atoms with Gasteiger partial charge >= 0.3 is 0 Å². The van der Waals surface area contributed by atoms with Crippen LogP contribution in [0.4, 0.5) is 10.2 Å². The molecule has 13 heavy (non-hydrogen) atoms. The molecule has 0 saturated carbocycles. The van der Waals surface area contributed by atoms with Crippen LogP contribution < -0.4 is 4.90 Å². The summed E-state index contributed by atoms with van der Waals surface area (Å²) in [6.07, 6.45) is 1.16. The molecule has 1 heterocycles. The van der Waals surface area contributed by atoms with Crippen molar-refractivity contribution in [2.24, 2.45) is 0 Å². The zero-order chi connectivity index (χ0) is 9.84. The van der Waals surface area contributed by atoms with Crippen LogP contribution in [0.25, 0.3) is 0 Å². The van der Waals surface area contributed by atoms with Crippen molar-refractivity contribution in [1.29, 1.82) is 0 Å². The van der Waals surface area contributed by atoms with E-state index in [1.807, 2.05) is 6.92 Å². The van der Waals surface area contributed by atoms with Crippen LogP contribution in [-0.2, 0) is 0 Å². The van der Waals surface area contributed by atoms with Gasteiger partial charge in [-0.3, -0.25) is 0 Å². The molecule has 3 nitrogen and oxygen atoms in total. The van der Waals surface area contributed by atoms with Gasteiger partial charge < -0.3 is 10.0 Å². The first-order valence-corrected chi connectivity index (χ1v) is 4.10. The molecular formula is C9H13FN2O. The number of nitrogens with zero attached hydrogens (tertiary/aromatic N) is 2. The first-order valence-electron chi connectivity index (χ1n) is 4.10. The molecule has 1 aromatic rings. The summed E-state index contributed by atoms with van der Waals surface area (Å²) in [6.45, 7) is 1.92. The Bertz CT molecular complexity index is 263. The van der Waals surface area contributed by atoms with Crippen molar-refractivity contribution in [1.82, 2.24) is 4.98 Å². The van der Waals surface area contributed by atoms with Crippen molar-refractivity contribution >= 4 is 5.82 Å². The van der Waals surface area contributed by atoms with Gasteiger partial charge in [-0.15, -0.1) is 0 Å². The molecular weight excluding hydrogens is 171 g/mol. The minimum absolute atomic E-state index is 0.0158. The monoisotopic (exact) mass is 184 g/mol. The van der Waals surface area contributed by atoms with E-state index in [2.05, 4.69) is 4.98 Å². The van der Waals surface area contributed by atoms with Gasteiger partial charge in [0.2, 0.25) is 0 Å². The molecule has 0 amide bonds. The Kier molecular flexibility index (Phi) is 3.19. The number of rotatable bonds is 3. The summed E-state index contributed by atoms with van der Waals surface area (Å²) in [5.74, 6) is 0.303. The third-order valence-corrected chi connectivity index (χ3v) is 2.00. The van der Waals surface area contributed by atoms with E-state index in [-0.39, 0.29) is 18.5 Å². The molecule has 0 bridgehead atoms. The van der Waals surface area contributed by atoms with E-state index in [0.29, 0.717) is 5.82 Å². The van der Waals surface area contributed by atoms with Crippen molar-refractivity contribution in [2.45, 2.75) is 13.0 Å². The highest BCUT2D eigenvalue weighted by atomic mass is 19.1. The van der Waals surface area contributed by atoms with Gasteiger partial charge in [-0.2, -0.15) is 0 Å². The summed E-state index contributed by atoms with van der Waals surface area (Å²) in [7, 11) is 1.81. The first-order chi connectivity index (χ1) is 6.15. The van der Waals surface area contributed by atoms with Gasteiger partial charge in [-0.1, -0.05) is 0 Å². The molecule has 72 valence electrons. The summed E-state index contributed by atoms with van der Waals surface area (Å²) in [6, 6.07) is 2.92. The number of aliphatic hydroxyl groups excluding tert-OH is 1. The predicted molar refractivity (Wildman–Crippen MR) is 49.1 cm³/mol. The van der Waals surface area contributed by atoms with E-state index in [1.54, 1.807) is 18.0 Å². The van der Waals surface area contributed by atoms with E-state index in [1.165, 1.54) is 6.07 Å². The lowest BCUT2D eigenvalue weighted by Gasteiger charge is -2.23. The lowest BCUT2D eigenvalue weighted by atomic mass is 10.3. The van der Waals surface area contributed by atoms with Gasteiger partial charge in [0.05, 0.1) is 18.8 Å². The number of likely N-dealkylation sites (N-methyl/N-ethyl adjacent to an activating group) is 1. The van der Waals surface area contributed by atoms with Crippen molar-refractivity contribution < 1.29 is 9.50 Å². The predicted octanol–water partition coefficient (Wildman–Crippen LogP) is 1.04. The molecule has 1 N–H and O–H groups in total. The van der Waals surface area contributed by atoms with Crippen LogP contribution in [0.15, 0.2) is 18.3 Å². The van der Waals surface area contributed by atoms with Crippen LogP contribution in [0.3, 0.4) is 0 Å². The Morgan fingerprint density at radius 1 is 1.62 bits per heavy atom. The zero-order valence-electron chi connectivity index (χ0n) is 7.74. The Hall–Kier alpha value is -1.16. The van der Waals surface area contributed by atoms with E-state index in [0.717, 1.165) is 6.20 Å². The van der Waals surface area contributed by atoms with Gasteiger partial charge in [0, 0.05) is 7.05 Å². The summed E-state index contributed by atoms with van der Waals surface area (Å²) in [5.41, 5.74) is 0. The molecule has 0 saturated heterocycles. The summed E-state index contributed by atoms with van der Waals surface area (Å²) in [5, 5.41) is 8.88. The van der Waals surface area contributed by atoms with Crippen molar-refractivity contribution in [3.8, 4) is 0 Å². The topological polar surface area (TPSA) is 36.4 Å². The maximum atomic E-state index is 12.5. The van der Waals surface area contributed by atoms with Crippen molar-refractivity contribution in [3.63, 3.8) is 0 Å². The number of anilines is 1. The van der Waals surface area contributed by atoms with Gasteiger partial charge in [0.25, 0.3) is 0 Å². The number of hydrogen-bond donors (Lipinski definition) is 1. The highest BCUT2D eigenvalue weighted by Gasteiger charge is 2.09. The molecule has 0 unspecified atom stereocenters. The molecule has 1 aromatic heterocycles. The first kappa shape index (κ1) is 9.92. The molecule has 0 aromatic carbocycles. The average molecular weight is 184 g/mol. The minimum atomic E-state index is -0.353. The van der Waals surface area contributed by atoms with Gasteiger partial charge in [0.15, 0.2) is 0 Å². The number of halogens is 1. The Morgan fingerprint density at radius 3 is 2.77 bits per heavy atom. The fourth-order valence-corrected chi connectivity index (χ4v) is 0.925. The van der Waals surface area contributed by atoms with Crippen LogP contribution in [-0.4, -0.2) is 29.8 Å². The van der Waals surface area contributed by atoms with Crippen LogP contribution in [0, 0.1) is 5.82 Å². The smallest absolute Gasteiger partial charge is 0.141 e. The molecule has 4 heteroatoms. The number of aliphatic hydroxyl groups is 1. The fraction of sp³-hybridized carbons (Fsp3) is 0.444. The molecule has 0 aliphatic rings. The van der Waals surface area contributed by atoms with Crippen LogP contribution >= 0.6 is 0 Å². The average Bonchev–Trinajstić information content (AvgIpc) is 2.17. The molecule has 0 spiro atoms. The van der Waals surface area contributed by atoms with Crippen LogP contribution in [0.2, 0.25) is 0 Å². The molecule has 1 atom stereocenters. The minimum Gasteiger partial charge on any atom is -0.394 e. The standard InChI is InChI=1S/C9H13FN2O/c1-7(6-13)12(2)9-4-3-8(10)5-11-9/h3-5,7,13H,6H2,1-2H3/t7-/m0/s1. The Labute approximate surface area is 76.8 Å². The van der Waals surface area contributed by atoms with Crippen molar-refractivity contribution in [2.75, 3.05) is 18.6 Å². The van der Waals surface area contributed by atoms with E-state index in [9.17, 15) is 4.39 Å². The highest BCUT2D eigenvalue weighted by Crippen LogP contribution is 2.11. The normalized spacial score (nSPS) is 12.6. The van der Waals surface area contributed by atoms with Gasteiger partial charge in [-0.25, -0.2) is 9.37 Å². The Balaban J connectivity index is 2.77. The Morgan fingerprint density at radius 2 is 2.31 bits per heavy atom. The SMILES string of the molecule is C[C@@H](CO)N(C)c1ccc(F)cn1. The number of hydrogen-bond acceptors (Lipinski definition) is 3. The molecule has 0 aliphatic carbocycles. The zero-order valence-corrected chi connectivity index (χ0v) is 7.74. The quantitative estimate of drug-likeness (QED) is 0.762. The lowest BCUT2D eigenvalue weighted by molar-refractivity contribution is 0.270. The number of pyridine rings is 1. The van der Waals surface area contributed by atoms with E-state index in [4.69, 9.17) is 5.11 Å². The lowest BCUT2D eigenvalue weighted by Crippen LogP contribution is -2.32. The maximum Gasteiger partial charge on any atom is 0.141 e. The second kappa shape index (κ2) is 4.18. The molecule has 0 radical (unpaired) electrons. The summed E-state index contributed by atoms with van der Waals surface area (Å²) in [4.78, 5) is 5.68. The van der Waals surface area contributed by atoms with Crippen LogP contribution in [0.1, 0.15) is 6.92 Å². The van der Waals surface area contributed by atoms with Gasteiger partial charge in [0.1, 0.15) is 11.6 Å². The van der Waals surface area contributed by atoms with Crippen LogP contribution in [0.5, 0.6) is 0 Å². The number of aromatic nitrogens is 1. The molecule has 0 fully saturated rings. The highest BCUT2D eigenvalue weighted by molar-refractivity contribution is 5.37.